The van der Waals surface area contributed by atoms with Crippen molar-refractivity contribution in [1.82, 2.24) is 0 Å². The number of ether oxygens (including phenoxy) is 1. The lowest BCUT2D eigenvalue weighted by molar-refractivity contribution is -0.131. The molecular formula is C13H16O4. The van der Waals surface area contributed by atoms with Crippen molar-refractivity contribution in [3.63, 3.8) is 0 Å². The zero-order valence-electron chi connectivity index (χ0n) is 10.2. The Labute approximate surface area is 101 Å². The fourth-order valence-corrected chi connectivity index (χ4v) is 1.11. The normalized spacial score (nSPS) is 8.65. The van der Waals surface area contributed by atoms with Gasteiger partial charge in [-0.05, 0) is 26.0 Å². The van der Waals surface area contributed by atoms with E-state index in [1.54, 1.807) is 19.1 Å². The SMILES string of the molecule is C=CC.CC(=O)Oc1cccc(C(=O)O)c1C. The van der Waals surface area contributed by atoms with E-state index in [4.69, 9.17) is 9.84 Å². The van der Waals surface area contributed by atoms with Gasteiger partial charge in [0.25, 0.3) is 0 Å². The fraction of sp³-hybridized carbons (Fsp3) is 0.231. The molecule has 0 aliphatic rings. The van der Waals surface area contributed by atoms with Crippen LogP contribution in [0.5, 0.6) is 5.75 Å². The number of benzene rings is 1. The number of rotatable bonds is 2. The molecule has 0 aliphatic heterocycles. The number of hydrogen-bond acceptors (Lipinski definition) is 3. The quantitative estimate of drug-likeness (QED) is 0.487. The molecule has 92 valence electrons. The first kappa shape index (κ1) is 14.9. The van der Waals surface area contributed by atoms with Gasteiger partial charge in [-0.15, -0.1) is 6.58 Å². The number of esters is 1. The molecule has 1 aromatic rings. The van der Waals surface area contributed by atoms with Crippen LogP contribution >= 0.6 is 0 Å². The molecule has 0 aromatic heterocycles. The third kappa shape index (κ3) is 4.97. The van der Waals surface area contributed by atoms with E-state index in [1.807, 2.05) is 6.92 Å². The molecule has 0 fully saturated rings. The van der Waals surface area contributed by atoms with Crippen LogP contribution in [0.4, 0.5) is 0 Å². The van der Waals surface area contributed by atoms with Gasteiger partial charge in [0, 0.05) is 12.5 Å². The molecule has 17 heavy (non-hydrogen) atoms. The Balaban J connectivity index is 0.000000770. The van der Waals surface area contributed by atoms with Crippen molar-refractivity contribution in [3.05, 3.63) is 42.0 Å². The standard InChI is InChI=1S/C10H10O4.C3H6/c1-6-8(10(12)13)4-3-5-9(6)14-7(2)11;1-3-2/h3-5H,1-2H3,(H,12,13);3H,1H2,2H3. The van der Waals surface area contributed by atoms with Crippen LogP contribution < -0.4 is 4.74 Å². The number of carbonyl (C=O) groups excluding carboxylic acids is 1. The lowest BCUT2D eigenvalue weighted by Gasteiger charge is -2.07. The van der Waals surface area contributed by atoms with E-state index in [-0.39, 0.29) is 11.3 Å². The van der Waals surface area contributed by atoms with E-state index in [1.165, 1.54) is 19.1 Å². The third-order valence-electron chi connectivity index (χ3n) is 1.77. The minimum absolute atomic E-state index is 0.142. The number of carboxylic acids is 1. The van der Waals surface area contributed by atoms with Crippen LogP contribution in [-0.2, 0) is 4.79 Å². The molecule has 0 saturated heterocycles. The monoisotopic (exact) mass is 236 g/mol. The van der Waals surface area contributed by atoms with Gasteiger partial charge in [0.1, 0.15) is 5.75 Å². The Morgan fingerprint density at radius 1 is 1.41 bits per heavy atom. The highest BCUT2D eigenvalue weighted by Gasteiger charge is 2.11. The van der Waals surface area contributed by atoms with Gasteiger partial charge in [-0.2, -0.15) is 0 Å². The van der Waals surface area contributed by atoms with E-state index in [0.717, 1.165) is 0 Å². The molecule has 0 radical (unpaired) electrons. The summed E-state index contributed by atoms with van der Waals surface area (Å²) in [6.07, 6.45) is 1.75. The summed E-state index contributed by atoms with van der Waals surface area (Å²) >= 11 is 0. The molecule has 0 bridgehead atoms. The molecule has 1 N–H and O–H groups in total. The van der Waals surface area contributed by atoms with Crippen molar-refractivity contribution in [1.29, 1.82) is 0 Å². The topological polar surface area (TPSA) is 63.6 Å². The van der Waals surface area contributed by atoms with Crippen LogP contribution in [0, 0.1) is 6.92 Å². The number of hydrogen-bond donors (Lipinski definition) is 1. The average molecular weight is 236 g/mol. The predicted molar refractivity (Wildman–Crippen MR) is 65.3 cm³/mol. The first-order chi connectivity index (χ1) is 7.93. The van der Waals surface area contributed by atoms with Crippen LogP contribution in [-0.4, -0.2) is 17.0 Å². The summed E-state index contributed by atoms with van der Waals surface area (Å²) < 4.78 is 4.83. The molecule has 0 aliphatic carbocycles. The van der Waals surface area contributed by atoms with E-state index < -0.39 is 11.9 Å². The smallest absolute Gasteiger partial charge is 0.336 e. The fourth-order valence-electron chi connectivity index (χ4n) is 1.11. The number of carboxylic acid groups (broad SMARTS) is 1. The van der Waals surface area contributed by atoms with Crippen molar-refractivity contribution in [2.45, 2.75) is 20.8 Å². The molecule has 0 saturated carbocycles. The average Bonchev–Trinajstić information content (AvgIpc) is 2.21. The van der Waals surface area contributed by atoms with Gasteiger partial charge < -0.3 is 9.84 Å². The molecule has 0 heterocycles. The number of allylic oxidation sites excluding steroid dienone is 1. The van der Waals surface area contributed by atoms with E-state index in [9.17, 15) is 9.59 Å². The zero-order valence-corrected chi connectivity index (χ0v) is 10.2. The lowest BCUT2D eigenvalue weighted by atomic mass is 10.1. The highest BCUT2D eigenvalue weighted by atomic mass is 16.5. The van der Waals surface area contributed by atoms with Gasteiger partial charge in [-0.25, -0.2) is 4.79 Å². The first-order valence-electron chi connectivity index (χ1n) is 5.02. The van der Waals surface area contributed by atoms with E-state index in [0.29, 0.717) is 5.56 Å². The highest BCUT2D eigenvalue weighted by molar-refractivity contribution is 5.90. The van der Waals surface area contributed by atoms with E-state index in [2.05, 4.69) is 6.58 Å². The van der Waals surface area contributed by atoms with Crippen molar-refractivity contribution in [2.75, 3.05) is 0 Å². The van der Waals surface area contributed by atoms with Gasteiger partial charge in [0.2, 0.25) is 0 Å². The van der Waals surface area contributed by atoms with Gasteiger partial charge in [-0.1, -0.05) is 12.1 Å². The van der Waals surface area contributed by atoms with Crippen LogP contribution in [0.1, 0.15) is 29.8 Å². The molecule has 1 rings (SSSR count). The Morgan fingerprint density at radius 2 is 1.94 bits per heavy atom. The molecular weight excluding hydrogens is 220 g/mol. The van der Waals surface area contributed by atoms with Crippen molar-refractivity contribution in [2.24, 2.45) is 0 Å². The Bertz CT molecular complexity index is 421. The summed E-state index contributed by atoms with van der Waals surface area (Å²) in [5.41, 5.74) is 0.596. The molecule has 1 aromatic carbocycles. The second-order valence-electron chi connectivity index (χ2n) is 3.24. The van der Waals surface area contributed by atoms with Gasteiger partial charge >= 0.3 is 11.9 Å². The van der Waals surface area contributed by atoms with Crippen molar-refractivity contribution in [3.8, 4) is 5.75 Å². The Hall–Kier alpha value is -2.10. The maximum Gasteiger partial charge on any atom is 0.336 e. The Kier molecular flexibility index (Phi) is 6.33. The summed E-state index contributed by atoms with van der Waals surface area (Å²) in [6.45, 7) is 8.12. The second-order valence-corrected chi connectivity index (χ2v) is 3.24. The van der Waals surface area contributed by atoms with Crippen LogP contribution in [0.25, 0.3) is 0 Å². The third-order valence-corrected chi connectivity index (χ3v) is 1.77. The molecule has 0 unspecified atom stereocenters. The number of aromatic carboxylic acids is 1. The van der Waals surface area contributed by atoms with Crippen molar-refractivity contribution >= 4 is 11.9 Å². The van der Waals surface area contributed by atoms with Gasteiger partial charge in [-0.3, -0.25) is 4.79 Å². The summed E-state index contributed by atoms with van der Waals surface area (Å²) in [6, 6.07) is 4.56. The van der Waals surface area contributed by atoms with Crippen LogP contribution in [0.3, 0.4) is 0 Å². The molecule has 0 amide bonds. The minimum atomic E-state index is -1.03. The maximum absolute atomic E-state index is 10.7. The predicted octanol–water partition coefficient (Wildman–Crippen LogP) is 2.81. The summed E-state index contributed by atoms with van der Waals surface area (Å²) in [5.74, 6) is -1.20. The van der Waals surface area contributed by atoms with E-state index >= 15 is 0 Å². The molecule has 0 spiro atoms. The molecule has 0 atom stereocenters. The minimum Gasteiger partial charge on any atom is -0.478 e. The van der Waals surface area contributed by atoms with Crippen molar-refractivity contribution < 1.29 is 19.4 Å². The summed E-state index contributed by atoms with van der Waals surface area (Å²) in [4.78, 5) is 21.4. The largest absolute Gasteiger partial charge is 0.478 e. The van der Waals surface area contributed by atoms with Crippen LogP contribution in [0.2, 0.25) is 0 Å². The first-order valence-corrected chi connectivity index (χ1v) is 5.02. The highest BCUT2D eigenvalue weighted by Crippen LogP contribution is 2.21. The van der Waals surface area contributed by atoms with Gasteiger partial charge in [0.15, 0.2) is 0 Å². The second kappa shape index (κ2) is 7.22. The molecule has 4 nitrogen and oxygen atoms in total. The number of carbonyl (C=O) groups is 2. The van der Waals surface area contributed by atoms with Gasteiger partial charge in [0.05, 0.1) is 5.56 Å². The zero-order chi connectivity index (χ0) is 13.4. The van der Waals surface area contributed by atoms with Crippen LogP contribution in [0.15, 0.2) is 30.9 Å². The molecule has 4 heteroatoms. The summed E-state index contributed by atoms with van der Waals surface area (Å²) in [7, 11) is 0. The maximum atomic E-state index is 10.7. The summed E-state index contributed by atoms with van der Waals surface area (Å²) in [5, 5.41) is 8.78. The Morgan fingerprint density at radius 3 is 2.35 bits per heavy atom. The lowest BCUT2D eigenvalue weighted by Crippen LogP contribution is -2.06.